The van der Waals surface area contributed by atoms with Crippen molar-refractivity contribution in [2.75, 3.05) is 13.2 Å². The fourth-order valence-electron chi connectivity index (χ4n) is 2.44. The van der Waals surface area contributed by atoms with E-state index in [9.17, 15) is 0 Å². The molecule has 0 saturated carbocycles. The zero-order chi connectivity index (χ0) is 14.5. The summed E-state index contributed by atoms with van der Waals surface area (Å²) in [5, 5.41) is 9.06. The Balaban J connectivity index is 1.80. The Morgan fingerprint density at radius 2 is 1.81 bits per heavy atom. The summed E-state index contributed by atoms with van der Waals surface area (Å²) in [6.45, 7) is 1.54. The van der Waals surface area contributed by atoms with Crippen LogP contribution in [0.2, 0.25) is 0 Å². The number of nitrogens with zero attached hydrogens (tertiary/aromatic N) is 2. The molecule has 0 unspecified atom stereocenters. The van der Waals surface area contributed by atoms with Crippen molar-refractivity contribution in [1.82, 2.24) is 9.97 Å². The van der Waals surface area contributed by atoms with E-state index in [1.807, 2.05) is 24.3 Å². The zero-order valence-corrected chi connectivity index (χ0v) is 11.7. The molecule has 2 heterocycles. The summed E-state index contributed by atoms with van der Waals surface area (Å²) < 4.78 is 11.3. The average Bonchev–Trinajstić information content (AvgIpc) is 2.57. The van der Waals surface area contributed by atoms with Gasteiger partial charge in [-0.1, -0.05) is 12.1 Å². The standard InChI is InChI=1S/C16H18N2O3/c19-11-12-1-3-14(4-2-12)21-16-15(17-7-8-18-16)13-5-9-20-10-6-13/h1-4,7-8,13,19H,5-6,9-11H2. The molecule has 1 aliphatic rings. The van der Waals surface area contributed by atoms with Gasteiger partial charge in [0.25, 0.3) is 0 Å². The van der Waals surface area contributed by atoms with E-state index < -0.39 is 0 Å². The first kappa shape index (κ1) is 14.0. The first-order valence-corrected chi connectivity index (χ1v) is 7.13. The van der Waals surface area contributed by atoms with E-state index in [0.717, 1.165) is 37.3 Å². The highest BCUT2D eigenvalue weighted by atomic mass is 16.5. The number of hydrogen-bond donors (Lipinski definition) is 1. The molecule has 1 aromatic heterocycles. The van der Waals surface area contributed by atoms with E-state index in [0.29, 0.717) is 17.5 Å². The van der Waals surface area contributed by atoms with E-state index in [1.165, 1.54) is 0 Å². The Labute approximate surface area is 123 Å². The van der Waals surface area contributed by atoms with Gasteiger partial charge in [0.05, 0.1) is 6.61 Å². The Kier molecular flexibility index (Phi) is 4.43. The molecule has 2 aromatic rings. The average molecular weight is 286 g/mol. The molecule has 0 spiro atoms. The number of ether oxygens (including phenoxy) is 2. The first-order valence-electron chi connectivity index (χ1n) is 7.13. The molecule has 1 aromatic carbocycles. The largest absolute Gasteiger partial charge is 0.437 e. The van der Waals surface area contributed by atoms with Crippen LogP contribution >= 0.6 is 0 Å². The number of rotatable bonds is 4. The third-order valence-electron chi connectivity index (χ3n) is 3.62. The molecule has 1 saturated heterocycles. The van der Waals surface area contributed by atoms with Crippen LogP contribution in [0.15, 0.2) is 36.7 Å². The van der Waals surface area contributed by atoms with E-state index in [2.05, 4.69) is 9.97 Å². The van der Waals surface area contributed by atoms with Crippen molar-refractivity contribution in [2.24, 2.45) is 0 Å². The zero-order valence-electron chi connectivity index (χ0n) is 11.7. The minimum atomic E-state index is 0.0265. The van der Waals surface area contributed by atoms with Crippen molar-refractivity contribution in [1.29, 1.82) is 0 Å². The monoisotopic (exact) mass is 286 g/mol. The van der Waals surface area contributed by atoms with Crippen LogP contribution < -0.4 is 4.74 Å². The number of aliphatic hydroxyl groups is 1. The third kappa shape index (κ3) is 3.37. The second-order valence-electron chi connectivity index (χ2n) is 5.04. The Bertz CT molecular complexity index is 580. The normalized spacial score (nSPS) is 15.9. The van der Waals surface area contributed by atoms with Crippen molar-refractivity contribution in [3.8, 4) is 11.6 Å². The molecule has 1 aliphatic heterocycles. The lowest BCUT2D eigenvalue weighted by Gasteiger charge is -2.22. The molecule has 3 rings (SSSR count). The van der Waals surface area contributed by atoms with Gasteiger partial charge < -0.3 is 14.6 Å². The molecule has 0 radical (unpaired) electrons. The highest BCUT2D eigenvalue weighted by Crippen LogP contribution is 2.32. The van der Waals surface area contributed by atoms with Crippen molar-refractivity contribution in [3.05, 3.63) is 47.9 Å². The molecule has 0 atom stereocenters. The maximum absolute atomic E-state index is 9.06. The van der Waals surface area contributed by atoms with Crippen LogP contribution in [0.1, 0.15) is 30.0 Å². The van der Waals surface area contributed by atoms with Gasteiger partial charge in [0.2, 0.25) is 5.88 Å². The van der Waals surface area contributed by atoms with Crippen LogP contribution in [-0.4, -0.2) is 28.3 Å². The lowest BCUT2D eigenvalue weighted by molar-refractivity contribution is 0.0839. The molecule has 0 aliphatic carbocycles. The summed E-state index contributed by atoms with van der Waals surface area (Å²) in [6.07, 6.45) is 5.23. The van der Waals surface area contributed by atoms with E-state index in [-0.39, 0.29) is 6.61 Å². The highest BCUT2D eigenvalue weighted by molar-refractivity contribution is 5.32. The van der Waals surface area contributed by atoms with Crippen LogP contribution in [0.5, 0.6) is 11.6 Å². The lowest BCUT2D eigenvalue weighted by atomic mass is 9.96. The summed E-state index contributed by atoms with van der Waals surface area (Å²) >= 11 is 0. The van der Waals surface area contributed by atoms with Crippen LogP contribution in [-0.2, 0) is 11.3 Å². The second kappa shape index (κ2) is 6.65. The summed E-state index contributed by atoms with van der Waals surface area (Å²) in [7, 11) is 0. The highest BCUT2D eigenvalue weighted by Gasteiger charge is 2.22. The fraction of sp³-hybridized carbons (Fsp3) is 0.375. The van der Waals surface area contributed by atoms with Crippen molar-refractivity contribution >= 4 is 0 Å². The maximum atomic E-state index is 9.06. The molecule has 1 N–H and O–H groups in total. The molecule has 1 fully saturated rings. The fourth-order valence-corrected chi connectivity index (χ4v) is 2.44. The lowest BCUT2D eigenvalue weighted by Crippen LogP contribution is -2.16. The maximum Gasteiger partial charge on any atom is 0.241 e. The van der Waals surface area contributed by atoms with Crippen LogP contribution in [0.4, 0.5) is 0 Å². The predicted molar refractivity (Wildman–Crippen MR) is 77.3 cm³/mol. The summed E-state index contributed by atoms with van der Waals surface area (Å²) in [6, 6.07) is 7.32. The number of hydrogen-bond acceptors (Lipinski definition) is 5. The van der Waals surface area contributed by atoms with Crippen LogP contribution in [0.3, 0.4) is 0 Å². The van der Waals surface area contributed by atoms with E-state index in [1.54, 1.807) is 12.4 Å². The van der Waals surface area contributed by atoms with Gasteiger partial charge in [-0.15, -0.1) is 0 Å². The van der Waals surface area contributed by atoms with Gasteiger partial charge in [-0.05, 0) is 30.5 Å². The molecular weight excluding hydrogens is 268 g/mol. The molecule has 5 nitrogen and oxygen atoms in total. The van der Waals surface area contributed by atoms with Crippen LogP contribution in [0, 0.1) is 0 Å². The van der Waals surface area contributed by atoms with Gasteiger partial charge in [0, 0.05) is 31.5 Å². The van der Waals surface area contributed by atoms with Gasteiger partial charge in [-0.2, -0.15) is 0 Å². The van der Waals surface area contributed by atoms with Gasteiger partial charge in [-0.3, -0.25) is 4.98 Å². The molecule has 21 heavy (non-hydrogen) atoms. The molecule has 0 bridgehead atoms. The van der Waals surface area contributed by atoms with Gasteiger partial charge in [0.15, 0.2) is 0 Å². The topological polar surface area (TPSA) is 64.5 Å². The Hall–Kier alpha value is -1.98. The predicted octanol–water partition coefficient (Wildman–Crippen LogP) is 2.66. The van der Waals surface area contributed by atoms with E-state index in [4.69, 9.17) is 14.6 Å². The smallest absolute Gasteiger partial charge is 0.241 e. The summed E-state index contributed by atoms with van der Waals surface area (Å²) in [5.74, 6) is 1.58. The SMILES string of the molecule is OCc1ccc(Oc2nccnc2C2CCOCC2)cc1. The van der Waals surface area contributed by atoms with Crippen molar-refractivity contribution < 1.29 is 14.6 Å². The second-order valence-corrected chi connectivity index (χ2v) is 5.04. The van der Waals surface area contributed by atoms with Gasteiger partial charge >= 0.3 is 0 Å². The van der Waals surface area contributed by atoms with Gasteiger partial charge in [0.1, 0.15) is 11.4 Å². The van der Waals surface area contributed by atoms with Crippen LogP contribution in [0.25, 0.3) is 0 Å². The third-order valence-corrected chi connectivity index (χ3v) is 3.62. The minimum Gasteiger partial charge on any atom is -0.437 e. The van der Waals surface area contributed by atoms with Crippen molar-refractivity contribution in [3.63, 3.8) is 0 Å². The first-order chi connectivity index (χ1) is 10.4. The molecule has 0 amide bonds. The summed E-state index contributed by atoms with van der Waals surface area (Å²) in [4.78, 5) is 8.77. The van der Waals surface area contributed by atoms with E-state index >= 15 is 0 Å². The molecule has 5 heteroatoms. The Morgan fingerprint density at radius 1 is 1.10 bits per heavy atom. The number of benzene rings is 1. The number of aliphatic hydroxyl groups excluding tert-OH is 1. The minimum absolute atomic E-state index is 0.0265. The summed E-state index contributed by atoms with van der Waals surface area (Å²) in [5.41, 5.74) is 1.75. The Morgan fingerprint density at radius 3 is 2.52 bits per heavy atom. The number of aromatic nitrogens is 2. The van der Waals surface area contributed by atoms with Crippen molar-refractivity contribution in [2.45, 2.75) is 25.4 Å². The van der Waals surface area contributed by atoms with Gasteiger partial charge in [-0.25, -0.2) is 4.98 Å². The molecule has 110 valence electrons. The quantitative estimate of drug-likeness (QED) is 0.936. The molecular formula is C16H18N2O3.